The van der Waals surface area contributed by atoms with E-state index in [-0.39, 0.29) is 11.9 Å². The number of nitrogens with zero attached hydrogens (tertiary/aromatic N) is 1. The first-order chi connectivity index (χ1) is 9.56. The molecule has 2 aromatic rings. The average Bonchev–Trinajstić information content (AvgIpc) is 2.76. The Morgan fingerprint density at radius 3 is 2.35 bits per heavy atom. The molecule has 0 spiro atoms. The summed E-state index contributed by atoms with van der Waals surface area (Å²) in [5, 5.41) is 0. The van der Waals surface area contributed by atoms with Crippen molar-refractivity contribution < 1.29 is 4.39 Å². The van der Waals surface area contributed by atoms with E-state index >= 15 is 0 Å². The fourth-order valence-electron chi connectivity index (χ4n) is 2.62. The Kier molecular flexibility index (Phi) is 4.78. The second kappa shape index (κ2) is 6.37. The van der Waals surface area contributed by atoms with Crippen LogP contribution in [0.4, 0.5) is 10.1 Å². The summed E-state index contributed by atoms with van der Waals surface area (Å²) < 4.78 is 13.1. The molecule has 1 atom stereocenters. The van der Waals surface area contributed by atoms with Crippen LogP contribution in [0.25, 0.3) is 0 Å². The van der Waals surface area contributed by atoms with E-state index in [0.29, 0.717) is 6.54 Å². The first-order valence-electron chi connectivity index (χ1n) is 6.86. The standard InChI is InChI=1S/C16H21FN2S/c1-4-19(14-7-5-13(17)6-8-14)16(10-18)15-9-11(2)20-12(15)3/h5-9,16H,4,10,18H2,1-3H3. The minimum atomic E-state index is -0.211. The van der Waals surface area contributed by atoms with Gasteiger partial charge in [-0.05, 0) is 56.7 Å². The third-order valence-electron chi connectivity index (χ3n) is 3.54. The molecule has 0 saturated heterocycles. The Balaban J connectivity index is 2.37. The highest BCUT2D eigenvalue weighted by molar-refractivity contribution is 7.12. The van der Waals surface area contributed by atoms with Gasteiger partial charge in [-0.15, -0.1) is 11.3 Å². The lowest BCUT2D eigenvalue weighted by molar-refractivity contribution is 0.622. The summed E-state index contributed by atoms with van der Waals surface area (Å²) in [6.07, 6.45) is 0. The van der Waals surface area contributed by atoms with Gasteiger partial charge in [0.25, 0.3) is 0 Å². The monoisotopic (exact) mass is 292 g/mol. The predicted octanol–water partition coefficient (Wildman–Crippen LogP) is 4.03. The van der Waals surface area contributed by atoms with Crippen molar-refractivity contribution in [2.45, 2.75) is 26.8 Å². The maximum atomic E-state index is 13.1. The Morgan fingerprint density at radius 2 is 1.90 bits per heavy atom. The summed E-state index contributed by atoms with van der Waals surface area (Å²) in [5.74, 6) is -0.211. The van der Waals surface area contributed by atoms with E-state index in [1.165, 1.54) is 27.5 Å². The Morgan fingerprint density at radius 1 is 1.25 bits per heavy atom. The highest BCUT2D eigenvalue weighted by Gasteiger charge is 2.21. The Labute approximate surface area is 124 Å². The molecule has 108 valence electrons. The second-order valence-corrected chi connectivity index (χ2v) is 6.34. The third kappa shape index (κ3) is 3.02. The zero-order valence-corrected chi connectivity index (χ0v) is 13.0. The zero-order chi connectivity index (χ0) is 14.7. The molecule has 0 fully saturated rings. The van der Waals surface area contributed by atoms with E-state index < -0.39 is 0 Å². The Hall–Kier alpha value is -1.39. The number of halogens is 1. The lowest BCUT2D eigenvalue weighted by atomic mass is 10.0. The number of hydrogen-bond acceptors (Lipinski definition) is 3. The van der Waals surface area contributed by atoms with Crippen LogP contribution in [-0.2, 0) is 0 Å². The first-order valence-corrected chi connectivity index (χ1v) is 7.67. The highest BCUT2D eigenvalue weighted by atomic mass is 32.1. The van der Waals surface area contributed by atoms with Gasteiger partial charge in [-0.1, -0.05) is 0 Å². The van der Waals surface area contributed by atoms with Gasteiger partial charge in [0, 0.05) is 28.5 Å². The molecule has 0 aliphatic carbocycles. The van der Waals surface area contributed by atoms with E-state index in [2.05, 4.69) is 31.7 Å². The third-order valence-corrected chi connectivity index (χ3v) is 4.52. The van der Waals surface area contributed by atoms with Crippen molar-refractivity contribution in [3.05, 3.63) is 51.5 Å². The number of thiophene rings is 1. The highest BCUT2D eigenvalue weighted by Crippen LogP contribution is 2.32. The summed E-state index contributed by atoms with van der Waals surface area (Å²) in [4.78, 5) is 4.83. The number of rotatable bonds is 5. The van der Waals surface area contributed by atoms with Gasteiger partial charge in [-0.2, -0.15) is 0 Å². The summed E-state index contributed by atoms with van der Waals surface area (Å²) >= 11 is 1.80. The van der Waals surface area contributed by atoms with Crippen LogP contribution in [0.5, 0.6) is 0 Å². The van der Waals surface area contributed by atoms with Gasteiger partial charge in [0.2, 0.25) is 0 Å². The van der Waals surface area contributed by atoms with Crippen molar-refractivity contribution in [3.8, 4) is 0 Å². The van der Waals surface area contributed by atoms with Gasteiger partial charge in [-0.25, -0.2) is 4.39 Å². The van der Waals surface area contributed by atoms with E-state index in [1.807, 2.05) is 12.1 Å². The number of anilines is 1. The molecule has 1 aromatic heterocycles. The number of benzene rings is 1. The molecule has 0 aliphatic rings. The van der Waals surface area contributed by atoms with Gasteiger partial charge in [0.05, 0.1) is 6.04 Å². The molecule has 1 heterocycles. The lowest BCUT2D eigenvalue weighted by Gasteiger charge is -2.32. The molecule has 20 heavy (non-hydrogen) atoms. The molecule has 0 saturated carbocycles. The average molecular weight is 292 g/mol. The van der Waals surface area contributed by atoms with Crippen molar-refractivity contribution in [3.63, 3.8) is 0 Å². The van der Waals surface area contributed by atoms with Crippen LogP contribution in [0.15, 0.2) is 30.3 Å². The molecule has 2 rings (SSSR count). The van der Waals surface area contributed by atoms with Crippen LogP contribution >= 0.6 is 11.3 Å². The smallest absolute Gasteiger partial charge is 0.123 e. The first kappa shape index (κ1) is 15.0. The van der Waals surface area contributed by atoms with E-state index in [4.69, 9.17) is 5.73 Å². The molecule has 2 nitrogen and oxygen atoms in total. The largest absolute Gasteiger partial charge is 0.363 e. The van der Waals surface area contributed by atoms with E-state index in [0.717, 1.165) is 12.2 Å². The molecule has 4 heteroatoms. The molecule has 0 aliphatic heterocycles. The Bertz CT molecular complexity index is 562. The molecular formula is C16H21FN2S. The summed E-state index contributed by atoms with van der Waals surface area (Å²) in [6, 6.07) is 8.97. The predicted molar refractivity (Wildman–Crippen MR) is 85.0 cm³/mol. The SMILES string of the molecule is CCN(c1ccc(F)cc1)C(CN)c1cc(C)sc1C. The van der Waals surface area contributed by atoms with Gasteiger partial charge in [0.15, 0.2) is 0 Å². The second-order valence-electron chi connectivity index (χ2n) is 4.88. The summed E-state index contributed by atoms with van der Waals surface area (Å²) in [6.45, 7) is 7.72. The van der Waals surface area contributed by atoms with Crippen LogP contribution in [0.1, 0.15) is 28.3 Å². The number of likely N-dealkylation sites (N-methyl/N-ethyl adjacent to an activating group) is 1. The van der Waals surface area contributed by atoms with Crippen LogP contribution in [0.3, 0.4) is 0 Å². The van der Waals surface area contributed by atoms with Crippen LogP contribution in [-0.4, -0.2) is 13.1 Å². The summed E-state index contributed by atoms with van der Waals surface area (Å²) in [5.41, 5.74) is 8.30. The van der Waals surface area contributed by atoms with Crippen molar-refractivity contribution in [2.75, 3.05) is 18.0 Å². The van der Waals surface area contributed by atoms with E-state index in [9.17, 15) is 4.39 Å². The minimum Gasteiger partial charge on any atom is -0.363 e. The molecule has 2 N–H and O–H groups in total. The quantitative estimate of drug-likeness (QED) is 0.901. The molecular weight excluding hydrogens is 271 g/mol. The molecule has 1 unspecified atom stereocenters. The van der Waals surface area contributed by atoms with Gasteiger partial charge in [-0.3, -0.25) is 0 Å². The number of hydrogen-bond donors (Lipinski definition) is 1. The molecule has 0 bridgehead atoms. The van der Waals surface area contributed by atoms with Gasteiger partial charge >= 0.3 is 0 Å². The zero-order valence-electron chi connectivity index (χ0n) is 12.2. The van der Waals surface area contributed by atoms with Crippen molar-refractivity contribution >= 4 is 17.0 Å². The maximum Gasteiger partial charge on any atom is 0.123 e. The van der Waals surface area contributed by atoms with E-state index in [1.54, 1.807) is 11.3 Å². The van der Waals surface area contributed by atoms with Crippen molar-refractivity contribution in [1.82, 2.24) is 0 Å². The van der Waals surface area contributed by atoms with Crippen molar-refractivity contribution in [2.24, 2.45) is 5.73 Å². The van der Waals surface area contributed by atoms with Crippen molar-refractivity contribution in [1.29, 1.82) is 0 Å². The molecule has 0 amide bonds. The minimum absolute atomic E-state index is 0.135. The van der Waals surface area contributed by atoms with Crippen LogP contribution < -0.4 is 10.6 Å². The summed E-state index contributed by atoms with van der Waals surface area (Å²) in [7, 11) is 0. The molecule has 0 radical (unpaired) electrons. The maximum absolute atomic E-state index is 13.1. The van der Waals surface area contributed by atoms with Crippen LogP contribution in [0, 0.1) is 19.7 Å². The molecule has 1 aromatic carbocycles. The normalized spacial score (nSPS) is 12.4. The topological polar surface area (TPSA) is 29.3 Å². The lowest BCUT2D eigenvalue weighted by Crippen LogP contribution is -2.33. The fraction of sp³-hybridized carbons (Fsp3) is 0.375. The van der Waals surface area contributed by atoms with Gasteiger partial charge < -0.3 is 10.6 Å². The van der Waals surface area contributed by atoms with Crippen LogP contribution in [0.2, 0.25) is 0 Å². The fourth-order valence-corrected chi connectivity index (χ4v) is 3.60. The number of nitrogens with two attached hydrogens (primary N) is 1. The van der Waals surface area contributed by atoms with Gasteiger partial charge in [0.1, 0.15) is 5.82 Å². The number of aryl methyl sites for hydroxylation is 2.